The van der Waals surface area contributed by atoms with Crippen molar-refractivity contribution in [3.8, 4) is 5.75 Å². The summed E-state index contributed by atoms with van der Waals surface area (Å²) in [6, 6.07) is 1.78. The smallest absolute Gasteiger partial charge is 0.270 e. The maximum atomic E-state index is 12.1. The highest BCUT2D eigenvalue weighted by Gasteiger charge is 2.38. The average Bonchev–Trinajstić information content (AvgIpc) is 3.00. The van der Waals surface area contributed by atoms with Gasteiger partial charge in [-0.2, -0.15) is 0 Å². The van der Waals surface area contributed by atoms with Crippen LogP contribution in [0.3, 0.4) is 0 Å². The van der Waals surface area contributed by atoms with Crippen molar-refractivity contribution in [3.63, 3.8) is 0 Å². The van der Waals surface area contributed by atoms with Gasteiger partial charge in [0.25, 0.3) is 5.91 Å². The predicted molar refractivity (Wildman–Crippen MR) is 71.6 cm³/mol. The molecular formula is C13H16ClN3O2. The second kappa shape index (κ2) is 4.98. The zero-order valence-corrected chi connectivity index (χ0v) is 11.5. The molecule has 3 atom stereocenters. The van der Waals surface area contributed by atoms with Gasteiger partial charge in [-0.05, 0) is 24.9 Å². The Morgan fingerprint density at radius 2 is 2.42 bits per heavy atom. The van der Waals surface area contributed by atoms with Gasteiger partial charge in [-0.3, -0.25) is 4.79 Å². The predicted octanol–water partition coefficient (Wildman–Crippen LogP) is 1.18. The van der Waals surface area contributed by atoms with Crippen LogP contribution >= 0.6 is 11.6 Å². The molecule has 2 aliphatic rings. The molecule has 1 amide bonds. The van der Waals surface area contributed by atoms with Crippen molar-refractivity contribution in [2.24, 2.45) is 5.92 Å². The number of fused-ring (bicyclic) bond motifs is 2. The highest BCUT2D eigenvalue weighted by molar-refractivity contribution is 6.32. The minimum absolute atomic E-state index is 0.164. The Kier molecular flexibility index (Phi) is 3.33. The number of aromatic nitrogens is 1. The Morgan fingerprint density at radius 1 is 1.58 bits per heavy atom. The number of ether oxygens (including phenoxy) is 1. The molecule has 102 valence electrons. The first-order valence-electron chi connectivity index (χ1n) is 6.40. The third kappa shape index (κ3) is 2.40. The van der Waals surface area contributed by atoms with E-state index in [4.69, 9.17) is 16.3 Å². The van der Waals surface area contributed by atoms with E-state index in [-0.39, 0.29) is 11.9 Å². The normalized spacial score (nSPS) is 28.4. The van der Waals surface area contributed by atoms with E-state index in [0.29, 0.717) is 22.4 Å². The summed E-state index contributed by atoms with van der Waals surface area (Å²) in [6.45, 7) is 3.20. The van der Waals surface area contributed by atoms with Crippen molar-refractivity contribution in [1.29, 1.82) is 0 Å². The zero-order valence-electron chi connectivity index (χ0n) is 10.7. The van der Waals surface area contributed by atoms with Crippen LogP contribution in [0.1, 0.15) is 16.9 Å². The average molecular weight is 282 g/mol. The van der Waals surface area contributed by atoms with E-state index in [0.717, 1.165) is 19.6 Å². The number of rotatable bonds is 3. The molecular weight excluding hydrogens is 266 g/mol. The molecule has 3 rings (SSSR count). The summed E-state index contributed by atoms with van der Waals surface area (Å²) in [7, 11) is 1.52. The molecule has 1 aromatic rings. The Bertz CT molecular complexity index is 509. The second-order valence-corrected chi connectivity index (χ2v) is 5.50. The number of carbonyl (C=O) groups is 1. The Hall–Kier alpha value is -1.33. The number of piperidine rings is 1. The highest BCUT2D eigenvalue weighted by atomic mass is 35.5. The molecule has 1 aromatic heterocycles. The number of nitrogens with one attached hydrogen (secondary N) is 1. The summed E-state index contributed by atoms with van der Waals surface area (Å²) >= 11 is 6.00. The maximum Gasteiger partial charge on any atom is 0.270 e. The lowest BCUT2D eigenvalue weighted by Gasteiger charge is -2.23. The zero-order chi connectivity index (χ0) is 13.4. The van der Waals surface area contributed by atoms with Crippen molar-refractivity contribution in [2.45, 2.75) is 12.5 Å². The summed E-state index contributed by atoms with van der Waals surface area (Å²) in [5.41, 5.74) is 0.337. The van der Waals surface area contributed by atoms with Crippen molar-refractivity contribution >= 4 is 17.5 Å². The van der Waals surface area contributed by atoms with Crippen LogP contribution in [0, 0.1) is 5.92 Å². The van der Waals surface area contributed by atoms with Gasteiger partial charge in [0.15, 0.2) is 5.75 Å². The Morgan fingerprint density at radius 3 is 3.00 bits per heavy atom. The number of methoxy groups -OCH3 is 1. The third-order valence-electron chi connectivity index (χ3n) is 3.92. The van der Waals surface area contributed by atoms with Gasteiger partial charge in [-0.15, -0.1) is 0 Å². The summed E-state index contributed by atoms with van der Waals surface area (Å²) in [4.78, 5) is 18.6. The molecule has 5 nitrogen and oxygen atoms in total. The topological polar surface area (TPSA) is 54.5 Å². The molecule has 0 aromatic carbocycles. The fourth-order valence-corrected chi connectivity index (χ4v) is 3.11. The number of carbonyl (C=O) groups excluding carboxylic acids is 1. The fraction of sp³-hybridized carbons (Fsp3) is 0.538. The lowest BCUT2D eigenvalue weighted by Crippen LogP contribution is -2.43. The molecule has 3 unspecified atom stereocenters. The van der Waals surface area contributed by atoms with Crippen LogP contribution in [0.4, 0.5) is 0 Å². The van der Waals surface area contributed by atoms with Crippen molar-refractivity contribution in [1.82, 2.24) is 15.2 Å². The molecule has 19 heavy (non-hydrogen) atoms. The van der Waals surface area contributed by atoms with Gasteiger partial charge < -0.3 is 15.0 Å². The van der Waals surface area contributed by atoms with E-state index >= 15 is 0 Å². The summed E-state index contributed by atoms with van der Waals surface area (Å²) in [5, 5.41) is 3.45. The molecule has 2 aliphatic heterocycles. The van der Waals surface area contributed by atoms with Gasteiger partial charge in [0, 0.05) is 19.1 Å². The SMILES string of the molecule is COc1cnc(C(=O)NC2CN3CCC2C3)cc1Cl. The van der Waals surface area contributed by atoms with Crippen LogP contribution < -0.4 is 10.1 Å². The number of hydrogen-bond donors (Lipinski definition) is 1. The van der Waals surface area contributed by atoms with E-state index < -0.39 is 0 Å². The van der Waals surface area contributed by atoms with Crippen molar-refractivity contribution in [3.05, 3.63) is 23.0 Å². The molecule has 0 saturated carbocycles. The Labute approximate surface area is 116 Å². The van der Waals surface area contributed by atoms with Crippen LogP contribution in [0.2, 0.25) is 5.02 Å². The number of pyridine rings is 1. The monoisotopic (exact) mass is 281 g/mol. The van der Waals surface area contributed by atoms with Crippen LogP contribution in [-0.2, 0) is 0 Å². The van der Waals surface area contributed by atoms with E-state index in [9.17, 15) is 4.79 Å². The molecule has 1 N–H and O–H groups in total. The number of hydrogen-bond acceptors (Lipinski definition) is 4. The minimum atomic E-state index is -0.164. The quantitative estimate of drug-likeness (QED) is 0.904. The van der Waals surface area contributed by atoms with Gasteiger partial charge in [0.2, 0.25) is 0 Å². The first-order chi connectivity index (χ1) is 9.17. The highest BCUT2D eigenvalue weighted by Crippen LogP contribution is 2.28. The minimum Gasteiger partial charge on any atom is -0.494 e. The lowest BCUT2D eigenvalue weighted by molar-refractivity contribution is 0.0919. The maximum absolute atomic E-state index is 12.1. The molecule has 6 heteroatoms. The molecule has 2 bridgehead atoms. The number of halogens is 1. The summed E-state index contributed by atoms with van der Waals surface area (Å²) in [5.74, 6) is 0.894. The first-order valence-corrected chi connectivity index (χ1v) is 6.78. The molecule has 2 saturated heterocycles. The van der Waals surface area contributed by atoms with Gasteiger partial charge >= 0.3 is 0 Å². The van der Waals surface area contributed by atoms with Gasteiger partial charge in [0.1, 0.15) is 5.69 Å². The van der Waals surface area contributed by atoms with E-state index in [1.165, 1.54) is 19.7 Å². The van der Waals surface area contributed by atoms with Crippen molar-refractivity contribution < 1.29 is 9.53 Å². The van der Waals surface area contributed by atoms with Gasteiger partial charge in [-0.25, -0.2) is 4.98 Å². The second-order valence-electron chi connectivity index (χ2n) is 5.09. The van der Waals surface area contributed by atoms with Crippen molar-refractivity contribution in [2.75, 3.05) is 26.7 Å². The van der Waals surface area contributed by atoms with E-state index in [2.05, 4.69) is 15.2 Å². The summed E-state index contributed by atoms with van der Waals surface area (Å²) in [6.07, 6.45) is 2.64. The molecule has 0 aliphatic carbocycles. The number of amides is 1. The van der Waals surface area contributed by atoms with Gasteiger partial charge in [-0.1, -0.05) is 11.6 Å². The lowest BCUT2D eigenvalue weighted by atomic mass is 10.00. The molecule has 2 fully saturated rings. The van der Waals surface area contributed by atoms with Crippen LogP contribution in [0.15, 0.2) is 12.3 Å². The molecule has 0 spiro atoms. The number of nitrogens with zero attached hydrogens (tertiary/aromatic N) is 2. The Balaban J connectivity index is 1.69. The fourth-order valence-electron chi connectivity index (χ4n) is 2.88. The van der Waals surface area contributed by atoms with Crippen LogP contribution in [0.5, 0.6) is 5.75 Å². The largest absolute Gasteiger partial charge is 0.494 e. The van der Waals surface area contributed by atoms with E-state index in [1.54, 1.807) is 6.07 Å². The summed E-state index contributed by atoms with van der Waals surface area (Å²) < 4.78 is 5.02. The van der Waals surface area contributed by atoms with E-state index in [1.807, 2.05) is 0 Å². The van der Waals surface area contributed by atoms with Crippen LogP contribution in [-0.4, -0.2) is 48.6 Å². The first kappa shape index (κ1) is 12.7. The standard InChI is InChI=1S/C13H16ClN3O2/c1-19-12-5-15-10(4-9(12)14)13(18)16-11-7-17-3-2-8(11)6-17/h4-5,8,11H,2-3,6-7H2,1H3,(H,16,18). The van der Waals surface area contributed by atoms with Crippen LogP contribution in [0.25, 0.3) is 0 Å². The molecule has 0 radical (unpaired) electrons. The molecule has 3 heterocycles. The third-order valence-corrected chi connectivity index (χ3v) is 4.22. The van der Waals surface area contributed by atoms with Gasteiger partial charge in [0.05, 0.1) is 18.3 Å².